The van der Waals surface area contributed by atoms with Crippen LogP contribution in [0.25, 0.3) is 66.1 Å². The lowest BCUT2D eigenvalue weighted by Crippen LogP contribution is -2.35. The van der Waals surface area contributed by atoms with E-state index in [2.05, 4.69) is 278 Å². The fourth-order valence-electron chi connectivity index (χ4n) is 12.3. The number of para-hydroxylation sites is 2. The standard InChI is InChI=1S/C69H47NO/c1-2-20-46(21-3-1)51-23-6-7-25-53(51)55-27-9-10-28-56(55)59-31-13-17-35-66(59)70(49-40-38-47(39-41-49)60-44-48-22-4-5-24-52(48)54-26-8-11-29-57(54)60)50-42-43-63-61(45-50)58-30-12-14-32-62(58)69(63)64-33-15-18-36-67(64)71-68-37-19-16-34-65(68)69/h1-45,59,66H. The molecule has 1 aliphatic heterocycles. The van der Waals surface area contributed by atoms with Crippen molar-refractivity contribution in [3.63, 3.8) is 0 Å². The number of anilines is 2. The van der Waals surface area contributed by atoms with E-state index < -0.39 is 5.41 Å². The lowest BCUT2D eigenvalue weighted by Gasteiger charge is -2.40. The predicted molar refractivity (Wildman–Crippen MR) is 295 cm³/mol. The monoisotopic (exact) mass is 905 g/mol. The van der Waals surface area contributed by atoms with Crippen molar-refractivity contribution in [1.29, 1.82) is 0 Å². The maximum Gasteiger partial charge on any atom is 0.132 e. The molecule has 1 spiro atoms. The summed E-state index contributed by atoms with van der Waals surface area (Å²) in [7, 11) is 0. The summed E-state index contributed by atoms with van der Waals surface area (Å²) in [5.74, 6) is 1.80. The SMILES string of the molecule is C1=CC(c2ccccc2-c2ccccc2-c2ccccc2)C(N(c2ccc(-c3cc4ccccc4c4ccccc34)cc2)c2ccc3c(c2)-c2ccccc2C32c3ccccc3Oc3ccccc32)C=C1. The van der Waals surface area contributed by atoms with Gasteiger partial charge in [0.15, 0.2) is 0 Å². The summed E-state index contributed by atoms with van der Waals surface area (Å²) in [4.78, 5) is 2.59. The third-order valence-electron chi connectivity index (χ3n) is 15.4. The van der Waals surface area contributed by atoms with E-state index in [0.29, 0.717) is 0 Å². The van der Waals surface area contributed by atoms with Crippen LogP contribution >= 0.6 is 0 Å². The first kappa shape index (κ1) is 41.0. The Hall–Kier alpha value is -8.98. The third-order valence-corrected chi connectivity index (χ3v) is 15.4. The second-order valence-corrected chi connectivity index (χ2v) is 19.0. The largest absolute Gasteiger partial charge is 0.457 e. The molecule has 0 fully saturated rings. The Kier molecular flexibility index (Phi) is 9.60. The van der Waals surface area contributed by atoms with Crippen molar-refractivity contribution in [2.24, 2.45) is 0 Å². The molecular weight excluding hydrogens is 859 g/mol. The summed E-state index contributed by atoms with van der Waals surface area (Å²) < 4.78 is 6.69. The van der Waals surface area contributed by atoms with Crippen molar-refractivity contribution in [2.45, 2.75) is 17.4 Å². The number of nitrogens with zero attached hydrogens (tertiary/aromatic N) is 1. The van der Waals surface area contributed by atoms with E-state index in [1.54, 1.807) is 0 Å². The van der Waals surface area contributed by atoms with E-state index in [-0.39, 0.29) is 12.0 Å². The topological polar surface area (TPSA) is 12.5 Å². The molecule has 0 aromatic heterocycles. The summed E-state index contributed by atoms with van der Waals surface area (Å²) in [6, 6.07) is 91.4. The molecule has 0 bridgehead atoms. The second kappa shape index (κ2) is 16.6. The molecule has 71 heavy (non-hydrogen) atoms. The van der Waals surface area contributed by atoms with E-state index in [0.717, 1.165) is 22.9 Å². The summed E-state index contributed by atoms with van der Waals surface area (Å²) >= 11 is 0. The average Bonchev–Trinajstić information content (AvgIpc) is 3.73. The Morgan fingerprint density at radius 1 is 0.338 bits per heavy atom. The normalized spacial score (nSPS) is 15.7. The van der Waals surface area contributed by atoms with Crippen LogP contribution in [0.3, 0.4) is 0 Å². The van der Waals surface area contributed by atoms with Gasteiger partial charge in [-0.3, -0.25) is 0 Å². The number of rotatable bonds is 7. The van der Waals surface area contributed by atoms with Crippen molar-refractivity contribution in [1.82, 2.24) is 0 Å². The summed E-state index contributed by atoms with van der Waals surface area (Å²) in [5.41, 5.74) is 17.7. The molecule has 2 unspecified atom stereocenters. The van der Waals surface area contributed by atoms with Crippen LogP contribution in [0.5, 0.6) is 11.5 Å². The van der Waals surface area contributed by atoms with Crippen LogP contribution < -0.4 is 9.64 Å². The Morgan fingerprint density at radius 2 is 0.887 bits per heavy atom. The van der Waals surface area contributed by atoms with Crippen LogP contribution in [0.15, 0.2) is 273 Å². The van der Waals surface area contributed by atoms with Gasteiger partial charge in [0.05, 0.1) is 11.5 Å². The van der Waals surface area contributed by atoms with Gasteiger partial charge in [-0.1, -0.05) is 231 Å². The Bertz CT molecular complexity index is 3890. The fourth-order valence-corrected chi connectivity index (χ4v) is 12.3. The molecule has 0 saturated carbocycles. The number of benzene rings is 11. The molecule has 11 aromatic rings. The van der Waals surface area contributed by atoms with Gasteiger partial charge in [-0.25, -0.2) is 0 Å². The van der Waals surface area contributed by atoms with Crippen LogP contribution in [0.2, 0.25) is 0 Å². The smallest absolute Gasteiger partial charge is 0.132 e. The zero-order valence-corrected chi connectivity index (χ0v) is 39.0. The molecule has 2 nitrogen and oxygen atoms in total. The van der Waals surface area contributed by atoms with Crippen LogP contribution in [-0.4, -0.2) is 6.04 Å². The molecule has 0 amide bonds. The minimum atomic E-state index is -0.550. The lowest BCUT2D eigenvalue weighted by molar-refractivity contribution is 0.436. The van der Waals surface area contributed by atoms with Gasteiger partial charge in [0.2, 0.25) is 0 Å². The maximum absolute atomic E-state index is 6.69. The first-order chi connectivity index (χ1) is 35.2. The van der Waals surface area contributed by atoms with Gasteiger partial charge in [-0.15, -0.1) is 0 Å². The van der Waals surface area contributed by atoms with E-state index in [1.165, 1.54) is 93.9 Å². The Balaban J connectivity index is 0.968. The molecule has 2 heteroatoms. The van der Waals surface area contributed by atoms with Crippen LogP contribution in [0.4, 0.5) is 11.4 Å². The van der Waals surface area contributed by atoms with Crippen LogP contribution in [-0.2, 0) is 5.41 Å². The van der Waals surface area contributed by atoms with Gasteiger partial charge < -0.3 is 9.64 Å². The van der Waals surface area contributed by atoms with E-state index >= 15 is 0 Å². The Morgan fingerprint density at radius 3 is 1.66 bits per heavy atom. The van der Waals surface area contributed by atoms with E-state index in [4.69, 9.17) is 4.74 Å². The van der Waals surface area contributed by atoms with Crippen LogP contribution in [0, 0.1) is 0 Å². The average molecular weight is 906 g/mol. The molecule has 11 aromatic carbocycles. The molecule has 2 atom stereocenters. The zero-order valence-electron chi connectivity index (χ0n) is 39.0. The van der Waals surface area contributed by atoms with Gasteiger partial charge in [0, 0.05) is 28.4 Å². The number of hydrogen-bond donors (Lipinski definition) is 0. The van der Waals surface area contributed by atoms with Gasteiger partial charge in [0.25, 0.3) is 0 Å². The van der Waals surface area contributed by atoms with E-state index in [1.807, 2.05) is 0 Å². The van der Waals surface area contributed by atoms with Crippen LogP contribution in [0.1, 0.15) is 33.7 Å². The highest BCUT2D eigenvalue weighted by Crippen LogP contribution is 2.62. The molecule has 2 aliphatic carbocycles. The van der Waals surface area contributed by atoms with Gasteiger partial charge in [-0.2, -0.15) is 0 Å². The molecule has 334 valence electrons. The van der Waals surface area contributed by atoms with Gasteiger partial charge >= 0.3 is 0 Å². The van der Waals surface area contributed by atoms with E-state index in [9.17, 15) is 0 Å². The molecule has 1 heterocycles. The molecule has 14 rings (SSSR count). The summed E-state index contributed by atoms with van der Waals surface area (Å²) in [5, 5.41) is 5.04. The molecule has 0 saturated heterocycles. The molecule has 3 aliphatic rings. The number of fused-ring (bicyclic) bond motifs is 12. The van der Waals surface area contributed by atoms with Crippen molar-refractivity contribution < 1.29 is 4.74 Å². The highest BCUT2D eigenvalue weighted by molar-refractivity contribution is 6.13. The highest BCUT2D eigenvalue weighted by atomic mass is 16.5. The fraction of sp³-hybridized carbons (Fsp3) is 0.0435. The number of ether oxygens (including phenoxy) is 1. The van der Waals surface area contributed by atoms with Crippen molar-refractivity contribution >= 4 is 32.9 Å². The number of hydrogen-bond acceptors (Lipinski definition) is 2. The minimum Gasteiger partial charge on any atom is -0.457 e. The maximum atomic E-state index is 6.69. The van der Waals surface area contributed by atoms with Crippen molar-refractivity contribution in [3.05, 3.63) is 301 Å². The minimum absolute atomic E-state index is 0.00488. The van der Waals surface area contributed by atoms with Crippen molar-refractivity contribution in [2.75, 3.05) is 4.90 Å². The highest BCUT2D eigenvalue weighted by Gasteiger charge is 2.51. The first-order valence-corrected chi connectivity index (χ1v) is 24.7. The van der Waals surface area contributed by atoms with Gasteiger partial charge in [0.1, 0.15) is 11.5 Å². The molecule has 0 radical (unpaired) electrons. The second-order valence-electron chi connectivity index (χ2n) is 19.0. The zero-order chi connectivity index (χ0) is 46.9. The molecule has 0 N–H and O–H groups in total. The van der Waals surface area contributed by atoms with Crippen molar-refractivity contribution in [3.8, 4) is 56.0 Å². The quantitative estimate of drug-likeness (QED) is 0.148. The Labute approximate surface area is 414 Å². The number of allylic oxidation sites excluding steroid dienone is 2. The summed E-state index contributed by atoms with van der Waals surface area (Å²) in [6.07, 6.45) is 9.28. The summed E-state index contributed by atoms with van der Waals surface area (Å²) in [6.45, 7) is 0. The lowest BCUT2D eigenvalue weighted by atomic mass is 9.66. The molecular formula is C69H47NO. The van der Waals surface area contributed by atoms with Gasteiger partial charge in [-0.05, 0) is 125 Å². The first-order valence-electron chi connectivity index (χ1n) is 24.7. The predicted octanol–water partition coefficient (Wildman–Crippen LogP) is 17.9. The third kappa shape index (κ3) is 6.42.